The number of carbonyl (C=O) groups is 2. The molecule has 37 heavy (non-hydrogen) atoms. The van der Waals surface area contributed by atoms with Crippen LogP contribution in [0.2, 0.25) is 0 Å². The number of benzene rings is 3. The molecule has 4 rings (SSSR count). The van der Waals surface area contributed by atoms with Gasteiger partial charge < -0.3 is 24.8 Å². The maximum atomic E-state index is 12.8. The van der Waals surface area contributed by atoms with Crippen LogP contribution in [-0.2, 0) is 4.79 Å². The van der Waals surface area contributed by atoms with Crippen molar-refractivity contribution < 1.29 is 23.8 Å². The maximum Gasteiger partial charge on any atom is 0.263 e. The van der Waals surface area contributed by atoms with Gasteiger partial charge in [0.05, 0.1) is 32.8 Å². The number of aromatic nitrogens is 1. The van der Waals surface area contributed by atoms with Crippen LogP contribution in [-0.4, -0.2) is 43.9 Å². The summed E-state index contributed by atoms with van der Waals surface area (Å²) < 4.78 is 16.0. The third kappa shape index (κ3) is 6.41. The van der Waals surface area contributed by atoms with Crippen LogP contribution in [0.5, 0.6) is 17.2 Å². The summed E-state index contributed by atoms with van der Waals surface area (Å²) in [5, 5.41) is 8.10. The van der Waals surface area contributed by atoms with Crippen molar-refractivity contribution in [2.24, 2.45) is 0 Å². The fraction of sp³-hybridized carbons (Fsp3) is 0.148. The number of thioether (sulfide) groups is 1. The lowest BCUT2D eigenvalue weighted by molar-refractivity contribution is -0.113. The third-order valence-corrected chi connectivity index (χ3v) is 7.04. The highest BCUT2D eigenvalue weighted by atomic mass is 32.2. The van der Waals surface area contributed by atoms with Gasteiger partial charge in [-0.1, -0.05) is 18.2 Å². The van der Waals surface area contributed by atoms with Crippen LogP contribution in [0, 0.1) is 0 Å². The number of anilines is 2. The van der Waals surface area contributed by atoms with Gasteiger partial charge in [0.25, 0.3) is 5.91 Å². The van der Waals surface area contributed by atoms with E-state index in [1.54, 1.807) is 37.4 Å². The molecule has 0 saturated carbocycles. The topological polar surface area (TPSA) is 98.8 Å². The maximum absolute atomic E-state index is 12.8. The summed E-state index contributed by atoms with van der Waals surface area (Å²) in [6, 6.07) is 20.0. The highest BCUT2D eigenvalue weighted by Gasteiger charge is 2.18. The molecular formula is C27H25N3O5S2. The largest absolute Gasteiger partial charge is 0.496 e. The lowest BCUT2D eigenvalue weighted by atomic mass is 10.1. The number of amides is 2. The van der Waals surface area contributed by atoms with Gasteiger partial charge in [-0.2, -0.15) is 0 Å². The standard InChI is InChI=1S/C27H25N3O5S2/c1-33-21-8-5-4-7-19(21)20-15-37-27(29-20)30-24(31)16-36-18-13-11-17(12-14-18)28-26(32)25-22(34-2)9-6-10-23(25)35-3/h4-15H,16H2,1-3H3,(H,28,32)(H,29,30,31). The number of methoxy groups -OCH3 is 3. The Bertz CT molecular complexity index is 1370. The van der Waals surface area contributed by atoms with E-state index < -0.39 is 0 Å². The molecule has 8 nitrogen and oxygen atoms in total. The lowest BCUT2D eigenvalue weighted by Crippen LogP contribution is -2.14. The van der Waals surface area contributed by atoms with Gasteiger partial charge in [-0.15, -0.1) is 23.1 Å². The number of thiazole rings is 1. The monoisotopic (exact) mass is 535 g/mol. The average molecular weight is 536 g/mol. The van der Waals surface area contributed by atoms with Crippen molar-refractivity contribution in [1.82, 2.24) is 4.98 Å². The Hall–Kier alpha value is -4.02. The van der Waals surface area contributed by atoms with Crippen LogP contribution < -0.4 is 24.8 Å². The zero-order valence-corrected chi connectivity index (χ0v) is 22.1. The van der Waals surface area contributed by atoms with Crippen LogP contribution in [0.1, 0.15) is 10.4 Å². The smallest absolute Gasteiger partial charge is 0.263 e. The fourth-order valence-electron chi connectivity index (χ4n) is 3.52. The summed E-state index contributed by atoms with van der Waals surface area (Å²) in [4.78, 5) is 30.7. The molecule has 1 aromatic heterocycles. The van der Waals surface area contributed by atoms with Crippen molar-refractivity contribution in [3.8, 4) is 28.5 Å². The van der Waals surface area contributed by atoms with Crippen molar-refractivity contribution in [2.75, 3.05) is 37.7 Å². The minimum Gasteiger partial charge on any atom is -0.496 e. The zero-order chi connectivity index (χ0) is 26.2. The zero-order valence-electron chi connectivity index (χ0n) is 20.4. The fourth-order valence-corrected chi connectivity index (χ4v) is 4.94. The van der Waals surface area contributed by atoms with Gasteiger partial charge in [0.1, 0.15) is 22.8 Å². The first-order chi connectivity index (χ1) is 18.0. The number of ether oxygens (including phenoxy) is 3. The predicted octanol–water partition coefficient (Wildman–Crippen LogP) is 5.82. The first-order valence-corrected chi connectivity index (χ1v) is 13.0. The minimum absolute atomic E-state index is 0.161. The average Bonchev–Trinajstić information content (AvgIpc) is 3.40. The van der Waals surface area contributed by atoms with Gasteiger partial charge in [0, 0.05) is 21.5 Å². The van der Waals surface area contributed by atoms with Crippen LogP contribution in [0.15, 0.2) is 77.0 Å². The predicted molar refractivity (Wildman–Crippen MR) is 147 cm³/mol. The molecule has 10 heteroatoms. The van der Waals surface area contributed by atoms with E-state index in [9.17, 15) is 9.59 Å². The Morgan fingerprint density at radius 1 is 0.838 bits per heavy atom. The summed E-state index contributed by atoms with van der Waals surface area (Å²) in [5.74, 6) is 1.28. The second-order valence-electron chi connectivity index (χ2n) is 7.59. The van der Waals surface area contributed by atoms with E-state index in [4.69, 9.17) is 14.2 Å². The molecule has 0 unspecified atom stereocenters. The molecular weight excluding hydrogens is 510 g/mol. The highest BCUT2D eigenvalue weighted by molar-refractivity contribution is 8.00. The van der Waals surface area contributed by atoms with E-state index in [0.717, 1.165) is 21.9 Å². The first kappa shape index (κ1) is 26.1. The second-order valence-corrected chi connectivity index (χ2v) is 9.50. The van der Waals surface area contributed by atoms with Crippen molar-refractivity contribution in [1.29, 1.82) is 0 Å². The van der Waals surface area contributed by atoms with E-state index in [2.05, 4.69) is 15.6 Å². The summed E-state index contributed by atoms with van der Waals surface area (Å²) in [6.07, 6.45) is 0. The Labute approximate surface area is 223 Å². The Morgan fingerprint density at radius 2 is 1.49 bits per heavy atom. The van der Waals surface area contributed by atoms with Gasteiger partial charge in [-0.3, -0.25) is 9.59 Å². The van der Waals surface area contributed by atoms with Crippen LogP contribution in [0.4, 0.5) is 10.8 Å². The summed E-state index contributed by atoms with van der Waals surface area (Å²) in [5.41, 5.74) is 2.54. The molecule has 0 radical (unpaired) electrons. The molecule has 0 atom stereocenters. The molecule has 0 bridgehead atoms. The molecule has 0 aliphatic heterocycles. The Kier molecular flexibility index (Phi) is 8.65. The number of rotatable bonds is 10. The number of hydrogen-bond donors (Lipinski definition) is 2. The number of hydrogen-bond acceptors (Lipinski definition) is 8. The van der Waals surface area contributed by atoms with Crippen molar-refractivity contribution in [3.63, 3.8) is 0 Å². The lowest BCUT2D eigenvalue weighted by Gasteiger charge is -2.13. The number of carbonyl (C=O) groups excluding carboxylic acids is 2. The van der Waals surface area contributed by atoms with Gasteiger partial charge in [0.2, 0.25) is 5.91 Å². The van der Waals surface area contributed by atoms with Crippen LogP contribution >= 0.6 is 23.1 Å². The molecule has 0 aliphatic carbocycles. The summed E-state index contributed by atoms with van der Waals surface area (Å²) in [7, 11) is 4.62. The van der Waals surface area contributed by atoms with Gasteiger partial charge in [-0.25, -0.2) is 4.98 Å². The van der Waals surface area contributed by atoms with E-state index in [1.807, 2.05) is 41.8 Å². The Morgan fingerprint density at radius 3 is 2.16 bits per heavy atom. The molecule has 2 amide bonds. The number of nitrogens with one attached hydrogen (secondary N) is 2. The molecule has 2 N–H and O–H groups in total. The van der Waals surface area contributed by atoms with Crippen LogP contribution in [0.3, 0.4) is 0 Å². The first-order valence-electron chi connectivity index (χ1n) is 11.2. The summed E-state index contributed by atoms with van der Waals surface area (Å²) in [6.45, 7) is 0. The molecule has 3 aromatic carbocycles. The SMILES string of the molecule is COc1ccccc1-c1csc(NC(=O)CSc2ccc(NC(=O)c3c(OC)cccc3OC)cc2)n1. The molecule has 0 spiro atoms. The minimum atomic E-state index is -0.343. The molecule has 190 valence electrons. The van der Waals surface area contributed by atoms with Gasteiger partial charge in [-0.05, 0) is 48.5 Å². The number of nitrogens with zero attached hydrogens (tertiary/aromatic N) is 1. The molecule has 1 heterocycles. The van der Waals surface area contributed by atoms with Gasteiger partial charge in [0.15, 0.2) is 5.13 Å². The second kappa shape index (κ2) is 12.3. The van der Waals surface area contributed by atoms with Gasteiger partial charge >= 0.3 is 0 Å². The van der Waals surface area contributed by atoms with Crippen molar-refractivity contribution >= 4 is 45.7 Å². The molecule has 4 aromatic rings. The van der Waals surface area contributed by atoms with Crippen LogP contribution in [0.25, 0.3) is 11.3 Å². The van der Waals surface area contributed by atoms with Crippen molar-refractivity contribution in [2.45, 2.75) is 4.90 Å². The Balaban J connectivity index is 1.32. The van der Waals surface area contributed by atoms with Crippen molar-refractivity contribution in [3.05, 3.63) is 77.7 Å². The molecule has 0 fully saturated rings. The quantitative estimate of drug-likeness (QED) is 0.247. The van der Waals surface area contributed by atoms with E-state index in [1.165, 1.54) is 37.3 Å². The third-order valence-electron chi connectivity index (χ3n) is 5.27. The molecule has 0 aliphatic rings. The molecule has 0 saturated heterocycles. The normalized spacial score (nSPS) is 10.5. The summed E-state index contributed by atoms with van der Waals surface area (Å²) >= 11 is 2.74. The van der Waals surface area contributed by atoms with E-state index in [-0.39, 0.29) is 17.6 Å². The highest BCUT2D eigenvalue weighted by Crippen LogP contribution is 2.32. The van der Waals surface area contributed by atoms with E-state index in [0.29, 0.717) is 27.9 Å². The van der Waals surface area contributed by atoms with E-state index >= 15 is 0 Å². The number of para-hydroxylation sites is 1.